The third kappa shape index (κ3) is 6.51. The number of H-pyrrole nitrogens is 1. The molecule has 0 unspecified atom stereocenters. The number of carbonyl (C=O) groups excluding carboxylic acids is 2. The predicted molar refractivity (Wildman–Crippen MR) is 120 cm³/mol. The minimum Gasteiger partial charge on any atom is -0.480 e. The molecule has 2 aromatic carbocycles. The zero-order chi connectivity index (χ0) is 24.7. The molecule has 1 heterocycles. The highest BCUT2D eigenvalue weighted by molar-refractivity contribution is 6.30. The summed E-state index contributed by atoms with van der Waals surface area (Å²) >= 11 is 5.97. The molecular formula is C22H21ClFN5O5. The van der Waals surface area contributed by atoms with Crippen LogP contribution in [-0.2, 0) is 16.0 Å². The first-order chi connectivity index (χ1) is 16.3. The molecule has 3 aromatic rings. The van der Waals surface area contributed by atoms with Crippen LogP contribution in [0.25, 0.3) is 11.1 Å². The van der Waals surface area contributed by atoms with Crippen LogP contribution in [0, 0.1) is 5.82 Å². The van der Waals surface area contributed by atoms with E-state index in [9.17, 15) is 23.9 Å². The Hall–Kier alpha value is -3.99. The molecular weight excluding hydrogens is 469 g/mol. The lowest BCUT2D eigenvalue weighted by Gasteiger charge is -2.22. The normalized spacial score (nSPS) is 12.4. The van der Waals surface area contributed by atoms with Gasteiger partial charge >= 0.3 is 12.1 Å². The lowest BCUT2D eigenvalue weighted by Crippen LogP contribution is -2.47. The maximum absolute atomic E-state index is 14.2. The molecule has 2 atom stereocenters. The van der Waals surface area contributed by atoms with Gasteiger partial charge in [-0.25, -0.2) is 14.0 Å². The van der Waals surface area contributed by atoms with Crippen molar-refractivity contribution in [2.24, 2.45) is 0 Å². The van der Waals surface area contributed by atoms with Crippen molar-refractivity contribution in [1.29, 1.82) is 0 Å². The Morgan fingerprint density at radius 1 is 1.18 bits per heavy atom. The van der Waals surface area contributed by atoms with Gasteiger partial charge in [0.15, 0.2) is 5.69 Å². The Morgan fingerprint density at radius 3 is 2.53 bits per heavy atom. The standard InChI is InChI=1S/C22H21ClFN5O5/c1-34-22(33)27-18(21(31)32)10-15(26-20(30)19-11-25-29-28-19)8-12-2-4-13(5-3-12)16-9-14(23)6-7-17(16)24/h2-7,9,11,15,18H,8,10H2,1H3,(H,26,30)(H,27,33)(H,31,32)(H,25,28,29)/t15-,18-/m1/s1. The van der Waals surface area contributed by atoms with Gasteiger partial charge in [0.05, 0.1) is 13.3 Å². The van der Waals surface area contributed by atoms with Crippen LogP contribution in [0.3, 0.4) is 0 Å². The van der Waals surface area contributed by atoms with E-state index < -0.39 is 35.9 Å². The van der Waals surface area contributed by atoms with E-state index in [1.807, 2.05) is 0 Å². The van der Waals surface area contributed by atoms with Crippen LogP contribution in [0.5, 0.6) is 0 Å². The first-order valence-electron chi connectivity index (χ1n) is 10.1. The summed E-state index contributed by atoms with van der Waals surface area (Å²) in [7, 11) is 1.11. The van der Waals surface area contributed by atoms with E-state index in [1.54, 1.807) is 24.3 Å². The number of hydrogen-bond donors (Lipinski definition) is 4. The van der Waals surface area contributed by atoms with Gasteiger partial charge in [0.2, 0.25) is 0 Å². The fourth-order valence-corrected chi connectivity index (χ4v) is 3.47. The number of rotatable bonds is 9. The third-order valence-electron chi connectivity index (χ3n) is 4.96. The van der Waals surface area contributed by atoms with Crippen LogP contribution in [0.1, 0.15) is 22.5 Å². The van der Waals surface area contributed by atoms with Gasteiger partial charge in [-0.2, -0.15) is 0 Å². The van der Waals surface area contributed by atoms with Gasteiger partial charge < -0.3 is 20.5 Å². The van der Waals surface area contributed by atoms with Gasteiger partial charge in [-0.15, -0.1) is 5.10 Å². The first kappa shape index (κ1) is 24.6. The SMILES string of the molecule is COC(=O)N[C@H](C[C@@H](Cc1ccc(-c2cc(Cl)ccc2F)cc1)NC(=O)c1c[nH]nn1)C(=O)O. The summed E-state index contributed by atoms with van der Waals surface area (Å²) in [5.74, 6) is -2.29. The van der Waals surface area contributed by atoms with Crippen molar-refractivity contribution in [3.63, 3.8) is 0 Å². The van der Waals surface area contributed by atoms with Crippen molar-refractivity contribution in [3.05, 3.63) is 70.8 Å². The van der Waals surface area contributed by atoms with Crippen molar-refractivity contribution in [2.75, 3.05) is 7.11 Å². The van der Waals surface area contributed by atoms with Crippen LogP contribution in [0.2, 0.25) is 5.02 Å². The van der Waals surface area contributed by atoms with Gasteiger partial charge in [-0.1, -0.05) is 41.1 Å². The number of ether oxygens (including phenoxy) is 1. The number of aromatic nitrogens is 3. The molecule has 12 heteroatoms. The zero-order valence-corrected chi connectivity index (χ0v) is 18.7. The Bertz CT molecular complexity index is 1160. The van der Waals surface area contributed by atoms with Gasteiger partial charge in [-0.3, -0.25) is 9.89 Å². The van der Waals surface area contributed by atoms with Crippen molar-refractivity contribution in [3.8, 4) is 11.1 Å². The van der Waals surface area contributed by atoms with Crippen LogP contribution >= 0.6 is 11.6 Å². The monoisotopic (exact) mass is 489 g/mol. The molecule has 0 spiro atoms. The predicted octanol–water partition coefficient (Wildman–Crippen LogP) is 2.80. The van der Waals surface area contributed by atoms with E-state index in [-0.39, 0.29) is 18.5 Å². The van der Waals surface area contributed by atoms with Crippen LogP contribution in [-0.4, -0.2) is 57.7 Å². The fraction of sp³-hybridized carbons (Fsp3) is 0.227. The minimum atomic E-state index is -1.32. The summed E-state index contributed by atoms with van der Waals surface area (Å²) in [6, 6.07) is 9.07. The molecule has 2 amide bonds. The highest BCUT2D eigenvalue weighted by atomic mass is 35.5. The van der Waals surface area contributed by atoms with E-state index in [0.717, 1.165) is 12.7 Å². The second-order valence-electron chi connectivity index (χ2n) is 7.32. The van der Waals surface area contributed by atoms with E-state index in [2.05, 4.69) is 30.8 Å². The molecule has 1 aromatic heterocycles. The number of benzene rings is 2. The molecule has 34 heavy (non-hydrogen) atoms. The highest BCUT2D eigenvalue weighted by Crippen LogP contribution is 2.26. The van der Waals surface area contributed by atoms with Crippen molar-refractivity contribution in [1.82, 2.24) is 26.0 Å². The minimum absolute atomic E-state index is 0.0181. The van der Waals surface area contributed by atoms with Crippen LogP contribution < -0.4 is 10.6 Å². The summed E-state index contributed by atoms with van der Waals surface area (Å²) < 4.78 is 18.7. The molecule has 4 N–H and O–H groups in total. The molecule has 3 rings (SSSR count). The number of carbonyl (C=O) groups is 3. The number of aromatic amines is 1. The van der Waals surface area contributed by atoms with E-state index in [4.69, 9.17) is 11.6 Å². The maximum Gasteiger partial charge on any atom is 0.407 e. The number of amides is 2. The number of nitrogens with zero attached hydrogens (tertiary/aromatic N) is 2. The lowest BCUT2D eigenvalue weighted by molar-refractivity contribution is -0.139. The van der Waals surface area contributed by atoms with Crippen LogP contribution in [0.4, 0.5) is 9.18 Å². The van der Waals surface area contributed by atoms with Gasteiger partial charge in [-0.05, 0) is 42.2 Å². The third-order valence-corrected chi connectivity index (χ3v) is 5.19. The molecule has 0 saturated carbocycles. The Labute approximate surface area is 198 Å². The Balaban J connectivity index is 1.80. The quantitative estimate of drug-likeness (QED) is 0.361. The van der Waals surface area contributed by atoms with E-state index in [1.165, 1.54) is 24.4 Å². The van der Waals surface area contributed by atoms with E-state index >= 15 is 0 Å². The molecule has 178 valence electrons. The van der Waals surface area contributed by atoms with Gasteiger partial charge in [0, 0.05) is 16.6 Å². The Kier molecular flexibility index (Phi) is 8.14. The molecule has 0 aliphatic carbocycles. The first-order valence-corrected chi connectivity index (χ1v) is 10.4. The van der Waals surface area contributed by atoms with Crippen LogP contribution in [0.15, 0.2) is 48.7 Å². The summed E-state index contributed by atoms with van der Waals surface area (Å²) in [6.45, 7) is 0. The molecule has 0 radical (unpaired) electrons. The summed E-state index contributed by atoms with van der Waals surface area (Å²) in [5, 5.41) is 24.4. The molecule has 0 bridgehead atoms. The summed E-state index contributed by atoms with van der Waals surface area (Å²) in [5.41, 5.74) is 1.69. The highest BCUT2D eigenvalue weighted by Gasteiger charge is 2.27. The topological polar surface area (TPSA) is 146 Å². The molecule has 0 saturated heterocycles. The largest absolute Gasteiger partial charge is 0.480 e. The fourth-order valence-electron chi connectivity index (χ4n) is 3.30. The summed E-state index contributed by atoms with van der Waals surface area (Å²) in [4.78, 5) is 35.7. The van der Waals surface area contributed by atoms with E-state index in [0.29, 0.717) is 16.1 Å². The maximum atomic E-state index is 14.2. The zero-order valence-electron chi connectivity index (χ0n) is 17.9. The molecule has 0 fully saturated rings. The molecule has 0 aliphatic rings. The number of methoxy groups -OCH3 is 1. The number of aliphatic carboxylic acids is 1. The average molecular weight is 490 g/mol. The number of hydrogen-bond acceptors (Lipinski definition) is 6. The average Bonchev–Trinajstić information content (AvgIpc) is 3.36. The molecule has 10 nitrogen and oxygen atoms in total. The smallest absolute Gasteiger partial charge is 0.407 e. The number of alkyl carbamates (subject to hydrolysis) is 1. The lowest BCUT2D eigenvalue weighted by atomic mass is 9.97. The van der Waals surface area contributed by atoms with Crippen molar-refractivity contribution < 1.29 is 28.6 Å². The van der Waals surface area contributed by atoms with Gasteiger partial charge in [0.1, 0.15) is 11.9 Å². The number of carboxylic acid groups (broad SMARTS) is 1. The second kappa shape index (κ2) is 11.2. The van der Waals surface area contributed by atoms with Crippen molar-refractivity contribution in [2.45, 2.75) is 24.9 Å². The summed E-state index contributed by atoms with van der Waals surface area (Å²) in [6.07, 6.45) is 0.455. The second-order valence-corrected chi connectivity index (χ2v) is 7.75. The number of carboxylic acids is 1. The number of halogens is 2. The van der Waals surface area contributed by atoms with Gasteiger partial charge in [0.25, 0.3) is 5.91 Å². The Morgan fingerprint density at radius 2 is 1.91 bits per heavy atom. The number of nitrogens with one attached hydrogen (secondary N) is 3. The molecule has 0 aliphatic heterocycles. The van der Waals surface area contributed by atoms with Crippen molar-refractivity contribution >= 4 is 29.6 Å².